The van der Waals surface area contributed by atoms with Crippen LogP contribution in [0.1, 0.15) is 50.7 Å². The lowest BCUT2D eigenvalue weighted by Crippen LogP contribution is -2.58. The highest BCUT2D eigenvalue weighted by Crippen LogP contribution is 2.22. The van der Waals surface area contributed by atoms with Crippen LogP contribution in [0, 0.1) is 5.92 Å². The number of aromatic hydroxyl groups is 1. The van der Waals surface area contributed by atoms with Crippen LogP contribution in [0.25, 0.3) is 0 Å². The summed E-state index contributed by atoms with van der Waals surface area (Å²) in [6.07, 6.45) is 2.09. The number of nitrogens with two attached hydrogens (primary N) is 1. The van der Waals surface area contributed by atoms with E-state index in [0.29, 0.717) is 25.7 Å². The van der Waals surface area contributed by atoms with Crippen LogP contribution < -0.4 is 21.7 Å². The van der Waals surface area contributed by atoms with Crippen LogP contribution in [0.15, 0.2) is 54.6 Å². The zero-order chi connectivity index (χ0) is 35.7. The summed E-state index contributed by atoms with van der Waals surface area (Å²) >= 11 is 0. The Morgan fingerprint density at radius 1 is 0.816 bits per heavy atom. The Morgan fingerprint density at radius 2 is 1.41 bits per heavy atom. The van der Waals surface area contributed by atoms with E-state index in [1.807, 2.05) is 6.07 Å². The summed E-state index contributed by atoms with van der Waals surface area (Å²) in [7, 11) is 0. The van der Waals surface area contributed by atoms with E-state index in [1.54, 1.807) is 50.2 Å². The third-order valence-electron chi connectivity index (χ3n) is 8.96. The number of carboxylic acids is 1. The number of amides is 5. The van der Waals surface area contributed by atoms with Gasteiger partial charge in [-0.2, -0.15) is 0 Å². The van der Waals surface area contributed by atoms with E-state index in [1.165, 1.54) is 21.9 Å². The second-order valence-electron chi connectivity index (χ2n) is 13.0. The predicted molar refractivity (Wildman–Crippen MR) is 179 cm³/mol. The van der Waals surface area contributed by atoms with E-state index in [0.717, 1.165) is 11.1 Å². The highest BCUT2D eigenvalue weighted by Gasteiger charge is 2.40. The lowest BCUT2D eigenvalue weighted by Gasteiger charge is -2.31. The number of nitrogens with zero attached hydrogens (tertiary/aromatic N) is 2. The van der Waals surface area contributed by atoms with Gasteiger partial charge < -0.3 is 41.7 Å². The minimum atomic E-state index is -1.10. The van der Waals surface area contributed by atoms with Crippen molar-refractivity contribution < 1.29 is 39.0 Å². The molecular formula is C35H46N6O8. The minimum Gasteiger partial charge on any atom is -0.508 e. The highest BCUT2D eigenvalue weighted by atomic mass is 16.4. The fourth-order valence-corrected chi connectivity index (χ4v) is 6.30. The zero-order valence-electron chi connectivity index (χ0n) is 27.8. The maximum atomic E-state index is 13.7. The summed E-state index contributed by atoms with van der Waals surface area (Å²) in [5.74, 6) is -3.99. The Labute approximate surface area is 285 Å². The topological polar surface area (TPSA) is 211 Å². The number of nitrogens with one attached hydrogen (secondary N) is 3. The van der Waals surface area contributed by atoms with Crippen molar-refractivity contribution in [3.8, 4) is 5.75 Å². The first-order chi connectivity index (χ1) is 23.3. The third-order valence-corrected chi connectivity index (χ3v) is 8.96. The number of carboxylic acid groups (broad SMARTS) is 1. The first kappa shape index (κ1) is 36.8. The molecule has 0 bridgehead atoms. The Morgan fingerprint density at radius 3 is 2.02 bits per heavy atom. The molecule has 0 saturated carbocycles. The molecule has 2 aromatic rings. The molecule has 0 unspecified atom stereocenters. The second kappa shape index (κ2) is 16.9. The molecule has 49 heavy (non-hydrogen) atoms. The van der Waals surface area contributed by atoms with Gasteiger partial charge in [-0.15, -0.1) is 0 Å². The maximum absolute atomic E-state index is 13.7. The molecule has 0 radical (unpaired) electrons. The SMILES string of the molecule is CC(C)[C@H](NC(=O)[C@@H](N)Cc1ccc(O)cc1)C(=O)N1CCC[C@@H]1C(=O)NCC(=O)N[C@@H](Cc1ccccc1)C(=O)N1CCC[C@H]1C(=O)O. The lowest BCUT2D eigenvalue weighted by molar-refractivity contribution is -0.149. The number of carbonyl (C=O) groups is 6. The average Bonchev–Trinajstić information content (AvgIpc) is 3.77. The monoisotopic (exact) mass is 678 g/mol. The molecule has 2 fully saturated rings. The number of phenols is 1. The molecule has 4 rings (SSSR count). The number of rotatable bonds is 14. The van der Waals surface area contributed by atoms with Gasteiger partial charge in [0.05, 0.1) is 12.6 Å². The van der Waals surface area contributed by atoms with Gasteiger partial charge in [0.15, 0.2) is 0 Å². The zero-order valence-corrected chi connectivity index (χ0v) is 27.8. The molecule has 0 aliphatic carbocycles. The van der Waals surface area contributed by atoms with Gasteiger partial charge in [-0.05, 0) is 61.3 Å². The second-order valence-corrected chi connectivity index (χ2v) is 13.0. The Kier molecular flexibility index (Phi) is 12.7. The van der Waals surface area contributed by atoms with Crippen molar-refractivity contribution in [3.05, 3.63) is 65.7 Å². The Bertz CT molecular complexity index is 1500. The molecule has 0 spiro atoms. The van der Waals surface area contributed by atoms with Gasteiger partial charge in [0.2, 0.25) is 29.5 Å². The third kappa shape index (κ3) is 9.78. The number of hydrogen-bond donors (Lipinski definition) is 6. The van der Waals surface area contributed by atoms with E-state index in [4.69, 9.17) is 5.73 Å². The first-order valence-electron chi connectivity index (χ1n) is 16.6. The fraction of sp³-hybridized carbons (Fsp3) is 0.486. The number of carbonyl (C=O) groups excluding carboxylic acids is 5. The van der Waals surface area contributed by atoms with Crippen molar-refractivity contribution in [1.29, 1.82) is 0 Å². The molecule has 0 aromatic heterocycles. The summed E-state index contributed by atoms with van der Waals surface area (Å²) < 4.78 is 0. The number of likely N-dealkylation sites (tertiary alicyclic amines) is 2. The molecular weight excluding hydrogens is 632 g/mol. The van der Waals surface area contributed by atoms with Gasteiger partial charge in [0, 0.05) is 19.5 Å². The van der Waals surface area contributed by atoms with Gasteiger partial charge >= 0.3 is 5.97 Å². The van der Waals surface area contributed by atoms with Gasteiger partial charge in [0.1, 0.15) is 29.9 Å². The summed E-state index contributed by atoms with van der Waals surface area (Å²) in [5, 5.41) is 27.1. The molecule has 264 valence electrons. The highest BCUT2D eigenvalue weighted by molar-refractivity contribution is 5.96. The van der Waals surface area contributed by atoms with Crippen LogP contribution in [0.5, 0.6) is 5.75 Å². The summed E-state index contributed by atoms with van der Waals surface area (Å²) in [6, 6.07) is 10.5. The number of hydrogen-bond acceptors (Lipinski definition) is 8. The van der Waals surface area contributed by atoms with Crippen LogP contribution in [0.2, 0.25) is 0 Å². The maximum Gasteiger partial charge on any atom is 0.326 e. The van der Waals surface area contributed by atoms with Gasteiger partial charge in [-0.25, -0.2) is 4.79 Å². The number of phenolic OH excluding ortho intramolecular Hbond substituents is 1. The van der Waals surface area contributed by atoms with E-state index in [9.17, 15) is 39.0 Å². The largest absolute Gasteiger partial charge is 0.508 e. The number of aliphatic carboxylic acids is 1. The van der Waals surface area contributed by atoms with E-state index >= 15 is 0 Å². The molecule has 2 aromatic carbocycles. The van der Waals surface area contributed by atoms with Crippen molar-refractivity contribution in [1.82, 2.24) is 25.8 Å². The van der Waals surface area contributed by atoms with Crippen LogP contribution in [0.4, 0.5) is 0 Å². The predicted octanol–water partition coefficient (Wildman–Crippen LogP) is 0.313. The molecule has 2 aliphatic heterocycles. The smallest absolute Gasteiger partial charge is 0.326 e. The van der Waals surface area contributed by atoms with Gasteiger partial charge in [-0.3, -0.25) is 24.0 Å². The normalized spacial score (nSPS) is 19.2. The van der Waals surface area contributed by atoms with E-state index in [-0.39, 0.29) is 37.6 Å². The molecule has 2 saturated heterocycles. The van der Waals surface area contributed by atoms with Gasteiger partial charge in [0.25, 0.3) is 0 Å². The van der Waals surface area contributed by atoms with Crippen LogP contribution >= 0.6 is 0 Å². The average molecular weight is 679 g/mol. The Hall–Kier alpha value is -4.98. The first-order valence-corrected chi connectivity index (χ1v) is 16.6. The molecule has 14 nitrogen and oxygen atoms in total. The number of benzene rings is 2. The van der Waals surface area contributed by atoms with Crippen LogP contribution in [-0.2, 0) is 41.6 Å². The van der Waals surface area contributed by atoms with Crippen molar-refractivity contribution in [2.24, 2.45) is 11.7 Å². The molecule has 14 heteroatoms. The molecule has 2 aliphatic rings. The van der Waals surface area contributed by atoms with Crippen molar-refractivity contribution in [2.45, 2.75) is 82.6 Å². The van der Waals surface area contributed by atoms with Crippen LogP contribution in [-0.4, -0.2) is 105 Å². The quantitative estimate of drug-likeness (QED) is 0.162. The standard InChI is InChI=1S/C35H46N6O8/c1-21(2)30(39-31(44)25(36)18-23-12-14-24(42)15-13-23)34(47)40-16-6-10-27(40)32(45)37-20-29(43)38-26(19-22-8-4-3-5-9-22)33(46)41-17-7-11-28(41)35(48)49/h3-5,8-9,12-15,21,25-28,30,42H,6-7,10-11,16-20,36H2,1-2H3,(H,37,45)(H,38,43)(H,39,44)(H,48,49)/t25-,26-,27+,28-,30-/m0/s1. The van der Waals surface area contributed by atoms with E-state index < -0.39 is 72.3 Å². The Balaban J connectivity index is 1.36. The summed E-state index contributed by atoms with van der Waals surface area (Å²) in [5.41, 5.74) is 7.64. The minimum absolute atomic E-state index is 0.0904. The van der Waals surface area contributed by atoms with Crippen molar-refractivity contribution in [2.75, 3.05) is 19.6 Å². The fourth-order valence-electron chi connectivity index (χ4n) is 6.30. The molecule has 5 amide bonds. The van der Waals surface area contributed by atoms with Gasteiger partial charge in [-0.1, -0.05) is 56.3 Å². The lowest BCUT2D eigenvalue weighted by atomic mass is 10.0. The van der Waals surface area contributed by atoms with Crippen LogP contribution in [0.3, 0.4) is 0 Å². The summed E-state index contributed by atoms with van der Waals surface area (Å²) in [4.78, 5) is 81.0. The molecule has 5 atom stereocenters. The van der Waals surface area contributed by atoms with Crippen molar-refractivity contribution in [3.63, 3.8) is 0 Å². The molecule has 2 heterocycles. The molecule has 7 N–H and O–H groups in total. The van der Waals surface area contributed by atoms with Crippen molar-refractivity contribution >= 4 is 35.5 Å². The summed E-state index contributed by atoms with van der Waals surface area (Å²) in [6.45, 7) is 3.64. The van der Waals surface area contributed by atoms with E-state index in [2.05, 4.69) is 16.0 Å².